The summed E-state index contributed by atoms with van der Waals surface area (Å²) < 4.78 is 0. The number of carboxylic acids is 1. The highest BCUT2D eigenvalue weighted by Gasteiger charge is 2.24. The Bertz CT molecular complexity index is 303. The minimum atomic E-state index is -0.758. The SMILES string of the molecule is CC(CCNC(=O)NC(C)C1CCC1)CCC(=O)O. The molecule has 2 atom stereocenters. The fourth-order valence-corrected chi connectivity index (χ4v) is 2.26. The highest BCUT2D eigenvalue weighted by Crippen LogP contribution is 2.29. The van der Waals surface area contributed by atoms with Crippen molar-refractivity contribution in [2.75, 3.05) is 6.54 Å². The molecule has 0 heterocycles. The first-order chi connectivity index (χ1) is 8.99. The first-order valence-corrected chi connectivity index (χ1v) is 7.25. The van der Waals surface area contributed by atoms with Crippen LogP contribution in [-0.2, 0) is 4.79 Å². The fourth-order valence-electron chi connectivity index (χ4n) is 2.26. The number of nitrogens with one attached hydrogen (secondary N) is 2. The van der Waals surface area contributed by atoms with E-state index in [-0.39, 0.29) is 18.5 Å². The van der Waals surface area contributed by atoms with Gasteiger partial charge in [-0.2, -0.15) is 0 Å². The van der Waals surface area contributed by atoms with Crippen molar-refractivity contribution in [3.8, 4) is 0 Å². The molecule has 19 heavy (non-hydrogen) atoms. The quantitative estimate of drug-likeness (QED) is 0.633. The highest BCUT2D eigenvalue weighted by molar-refractivity contribution is 5.74. The number of urea groups is 1. The lowest BCUT2D eigenvalue weighted by atomic mass is 9.80. The van der Waals surface area contributed by atoms with E-state index in [0.29, 0.717) is 24.8 Å². The van der Waals surface area contributed by atoms with Gasteiger partial charge in [-0.05, 0) is 44.4 Å². The number of carboxylic acid groups (broad SMARTS) is 1. The smallest absolute Gasteiger partial charge is 0.315 e. The molecule has 3 N–H and O–H groups in total. The van der Waals surface area contributed by atoms with Gasteiger partial charge in [-0.15, -0.1) is 0 Å². The van der Waals surface area contributed by atoms with Crippen LogP contribution in [0.25, 0.3) is 0 Å². The Balaban J connectivity index is 2.04. The van der Waals surface area contributed by atoms with Gasteiger partial charge in [0.25, 0.3) is 0 Å². The van der Waals surface area contributed by atoms with Crippen molar-refractivity contribution in [3.05, 3.63) is 0 Å². The topological polar surface area (TPSA) is 78.4 Å². The average Bonchev–Trinajstić information content (AvgIpc) is 2.23. The third-order valence-corrected chi connectivity index (χ3v) is 3.99. The molecule has 1 aliphatic rings. The summed E-state index contributed by atoms with van der Waals surface area (Å²) in [6.07, 6.45) is 5.39. The number of aliphatic carboxylic acids is 1. The minimum Gasteiger partial charge on any atom is -0.481 e. The van der Waals surface area contributed by atoms with Crippen molar-refractivity contribution >= 4 is 12.0 Å². The van der Waals surface area contributed by atoms with Gasteiger partial charge < -0.3 is 15.7 Å². The molecule has 1 rings (SSSR count). The molecule has 1 fully saturated rings. The monoisotopic (exact) mass is 270 g/mol. The van der Waals surface area contributed by atoms with Crippen LogP contribution < -0.4 is 10.6 Å². The molecule has 0 aromatic rings. The predicted molar refractivity (Wildman–Crippen MR) is 74.0 cm³/mol. The first-order valence-electron chi connectivity index (χ1n) is 7.25. The van der Waals surface area contributed by atoms with E-state index in [1.807, 2.05) is 6.92 Å². The molecule has 2 amide bonds. The van der Waals surface area contributed by atoms with Crippen LogP contribution in [0.3, 0.4) is 0 Å². The largest absolute Gasteiger partial charge is 0.481 e. The van der Waals surface area contributed by atoms with E-state index in [1.54, 1.807) is 0 Å². The van der Waals surface area contributed by atoms with Gasteiger partial charge in [-0.25, -0.2) is 4.79 Å². The van der Waals surface area contributed by atoms with E-state index in [9.17, 15) is 9.59 Å². The van der Waals surface area contributed by atoms with Crippen LogP contribution in [0, 0.1) is 11.8 Å². The van der Waals surface area contributed by atoms with Gasteiger partial charge in [-0.3, -0.25) is 4.79 Å². The molecule has 0 saturated heterocycles. The van der Waals surface area contributed by atoms with Crippen LogP contribution in [0.4, 0.5) is 4.79 Å². The van der Waals surface area contributed by atoms with Gasteiger partial charge in [0.15, 0.2) is 0 Å². The van der Waals surface area contributed by atoms with E-state index < -0.39 is 5.97 Å². The number of carbonyl (C=O) groups is 2. The van der Waals surface area contributed by atoms with Crippen molar-refractivity contribution < 1.29 is 14.7 Å². The number of hydrogen-bond acceptors (Lipinski definition) is 2. The number of carbonyl (C=O) groups excluding carboxylic acids is 1. The van der Waals surface area contributed by atoms with Crippen LogP contribution >= 0.6 is 0 Å². The van der Waals surface area contributed by atoms with Crippen LogP contribution in [-0.4, -0.2) is 29.7 Å². The third-order valence-electron chi connectivity index (χ3n) is 3.99. The number of rotatable bonds is 8. The molecule has 0 aliphatic heterocycles. The Labute approximate surface area is 115 Å². The Hall–Kier alpha value is -1.26. The normalized spacial score (nSPS) is 18.2. The summed E-state index contributed by atoms with van der Waals surface area (Å²) in [4.78, 5) is 22.1. The molecule has 5 heteroatoms. The first kappa shape index (κ1) is 15.8. The molecule has 0 radical (unpaired) electrons. The van der Waals surface area contributed by atoms with Gasteiger partial charge in [-0.1, -0.05) is 13.3 Å². The maximum Gasteiger partial charge on any atom is 0.315 e. The van der Waals surface area contributed by atoms with Gasteiger partial charge in [0, 0.05) is 19.0 Å². The van der Waals surface area contributed by atoms with Gasteiger partial charge in [0.2, 0.25) is 0 Å². The molecule has 0 aromatic heterocycles. The van der Waals surface area contributed by atoms with E-state index in [0.717, 1.165) is 6.42 Å². The predicted octanol–water partition coefficient (Wildman–Crippen LogP) is 2.37. The van der Waals surface area contributed by atoms with E-state index in [4.69, 9.17) is 5.11 Å². The molecule has 2 unspecified atom stereocenters. The lowest BCUT2D eigenvalue weighted by Gasteiger charge is -2.31. The summed E-state index contributed by atoms with van der Waals surface area (Å²) in [7, 11) is 0. The van der Waals surface area contributed by atoms with Crippen LogP contribution in [0.15, 0.2) is 0 Å². The average molecular weight is 270 g/mol. The van der Waals surface area contributed by atoms with Crippen molar-refractivity contribution in [3.63, 3.8) is 0 Å². The van der Waals surface area contributed by atoms with Gasteiger partial charge in [0.1, 0.15) is 0 Å². The minimum absolute atomic E-state index is 0.107. The summed E-state index contributed by atoms with van der Waals surface area (Å²) in [6.45, 7) is 4.67. The molecular weight excluding hydrogens is 244 g/mol. The number of amides is 2. The maximum atomic E-state index is 11.6. The Morgan fingerprint density at radius 1 is 1.26 bits per heavy atom. The van der Waals surface area contributed by atoms with Gasteiger partial charge in [0.05, 0.1) is 0 Å². The summed E-state index contributed by atoms with van der Waals surface area (Å²) in [5.41, 5.74) is 0. The second-order valence-electron chi connectivity index (χ2n) is 5.71. The zero-order valence-electron chi connectivity index (χ0n) is 11.9. The summed E-state index contributed by atoms with van der Waals surface area (Å²) in [5.74, 6) is 0.201. The molecule has 0 spiro atoms. The lowest BCUT2D eigenvalue weighted by Crippen LogP contribution is -2.46. The molecule has 1 aliphatic carbocycles. The third kappa shape index (κ3) is 6.45. The summed E-state index contributed by atoms with van der Waals surface area (Å²) in [6, 6.07) is 0.142. The molecule has 1 saturated carbocycles. The molecule has 0 aromatic carbocycles. The second-order valence-corrected chi connectivity index (χ2v) is 5.71. The zero-order chi connectivity index (χ0) is 14.3. The van der Waals surface area contributed by atoms with Crippen LogP contribution in [0.2, 0.25) is 0 Å². The molecule has 0 bridgehead atoms. The Morgan fingerprint density at radius 2 is 1.95 bits per heavy atom. The molecular formula is C14H26N2O3. The van der Waals surface area contributed by atoms with Crippen LogP contribution in [0.5, 0.6) is 0 Å². The zero-order valence-corrected chi connectivity index (χ0v) is 11.9. The van der Waals surface area contributed by atoms with E-state index in [1.165, 1.54) is 19.3 Å². The molecule has 110 valence electrons. The Kier molecular flexibility index (Phi) is 6.67. The van der Waals surface area contributed by atoms with E-state index in [2.05, 4.69) is 17.6 Å². The van der Waals surface area contributed by atoms with Gasteiger partial charge >= 0.3 is 12.0 Å². The van der Waals surface area contributed by atoms with Crippen molar-refractivity contribution in [2.45, 2.75) is 58.4 Å². The maximum absolute atomic E-state index is 11.6. The number of hydrogen-bond donors (Lipinski definition) is 3. The van der Waals surface area contributed by atoms with Crippen molar-refractivity contribution in [2.24, 2.45) is 11.8 Å². The van der Waals surface area contributed by atoms with E-state index >= 15 is 0 Å². The summed E-state index contributed by atoms with van der Waals surface area (Å²) in [5, 5.41) is 14.4. The second kappa shape index (κ2) is 8.02. The highest BCUT2D eigenvalue weighted by atomic mass is 16.4. The summed E-state index contributed by atoms with van der Waals surface area (Å²) >= 11 is 0. The lowest BCUT2D eigenvalue weighted by molar-refractivity contribution is -0.137. The van der Waals surface area contributed by atoms with Crippen LogP contribution in [0.1, 0.15) is 52.4 Å². The van der Waals surface area contributed by atoms with Crippen molar-refractivity contribution in [1.82, 2.24) is 10.6 Å². The molecule has 5 nitrogen and oxygen atoms in total. The standard InChI is InChI=1S/C14H26N2O3/c1-10(6-7-13(17)18)8-9-15-14(19)16-11(2)12-4-3-5-12/h10-12H,3-9H2,1-2H3,(H,17,18)(H2,15,16,19). The van der Waals surface area contributed by atoms with Crippen molar-refractivity contribution in [1.29, 1.82) is 0 Å². The Morgan fingerprint density at radius 3 is 2.47 bits per heavy atom. The fraction of sp³-hybridized carbons (Fsp3) is 0.857.